The molecule has 5 aromatic rings. The Morgan fingerprint density at radius 2 is 1.54 bits per heavy atom. The van der Waals surface area contributed by atoms with Gasteiger partial charge in [0.1, 0.15) is 0 Å². The van der Waals surface area contributed by atoms with Crippen molar-refractivity contribution in [1.82, 2.24) is 24.2 Å². The van der Waals surface area contributed by atoms with Crippen LogP contribution in [0.15, 0.2) is 69.9 Å². The maximum atomic E-state index is 12.9. The van der Waals surface area contributed by atoms with Gasteiger partial charge < -0.3 is 14.4 Å². The van der Waals surface area contributed by atoms with Crippen molar-refractivity contribution in [3.63, 3.8) is 0 Å². The van der Waals surface area contributed by atoms with Crippen LogP contribution in [0, 0.1) is 0 Å². The number of halogens is 1. The van der Waals surface area contributed by atoms with Crippen molar-refractivity contribution in [2.45, 2.75) is 56.4 Å². The molecule has 236 valence electrons. The zero-order chi connectivity index (χ0) is 31.5. The number of piperidine rings is 3. The summed E-state index contributed by atoms with van der Waals surface area (Å²) in [6.45, 7) is 4.27. The maximum absolute atomic E-state index is 12.9. The Labute approximate surface area is 275 Å². The van der Waals surface area contributed by atoms with Crippen LogP contribution in [0.2, 0.25) is 0 Å². The normalized spacial score (nSPS) is 20.7. The number of amides is 2. The van der Waals surface area contributed by atoms with E-state index in [1.165, 1.54) is 11.3 Å². The van der Waals surface area contributed by atoms with E-state index in [0.717, 1.165) is 78.4 Å². The van der Waals surface area contributed by atoms with Crippen molar-refractivity contribution in [3.8, 4) is 0 Å². The van der Waals surface area contributed by atoms with Gasteiger partial charge in [-0.25, -0.2) is 0 Å². The van der Waals surface area contributed by atoms with Gasteiger partial charge in [-0.05, 0) is 109 Å². The van der Waals surface area contributed by atoms with E-state index in [1.54, 1.807) is 0 Å². The van der Waals surface area contributed by atoms with Gasteiger partial charge in [-0.2, -0.15) is 4.98 Å². The van der Waals surface area contributed by atoms with E-state index >= 15 is 0 Å². The molecule has 3 aliphatic rings. The Kier molecular flexibility index (Phi) is 7.44. The number of nitrogens with zero attached hydrogens (tertiary/aromatic N) is 5. The summed E-state index contributed by atoms with van der Waals surface area (Å²) in [5.41, 5.74) is 6.32. The molecule has 1 N–H and O–H groups in total. The summed E-state index contributed by atoms with van der Waals surface area (Å²) in [5, 5.41) is 3.08. The molecule has 1 atom stereocenters. The summed E-state index contributed by atoms with van der Waals surface area (Å²) >= 11 is 3.54. The van der Waals surface area contributed by atoms with Crippen molar-refractivity contribution in [3.05, 3.63) is 86.6 Å². The first kappa shape index (κ1) is 29.4. The van der Waals surface area contributed by atoms with E-state index in [2.05, 4.69) is 82.9 Å². The van der Waals surface area contributed by atoms with Gasteiger partial charge in [0.05, 0.1) is 27.9 Å². The highest BCUT2D eigenvalue weighted by Crippen LogP contribution is 2.34. The quantitative estimate of drug-likeness (QED) is 0.253. The number of carbonyl (C=O) groups excluding carboxylic acids is 2. The zero-order valence-corrected chi connectivity index (χ0v) is 27.5. The molecule has 10 heteroatoms. The fourth-order valence-electron chi connectivity index (χ4n) is 8.05. The van der Waals surface area contributed by atoms with Gasteiger partial charge in [-0.15, -0.1) is 0 Å². The van der Waals surface area contributed by atoms with Gasteiger partial charge in [0.2, 0.25) is 17.6 Å². The highest BCUT2D eigenvalue weighted by atomic mass is 79.9. The van der Waals surface area contributed by atoms with Crippen LogP contribution in [-0.2, 0) is 16.6 Å². The summed E-state index contributed by atoms with van der Waals surface area (Å²) in [6.07, 6.45) is 5.59. The van der Waals surface area contributed by atoms with Gasteiger partial charge in [-0.1, -0.05) is 30.3 Å². The topological polar surface area (TPSA) is 92.0 Å². The average Bonchev–Trinajstić information content (AvgIpc) is 3.35. The van der Waals surface area contributed by atoms with Crippen LogP contribution in [0.3, 0.4) is 0 Å². The third-order valence-electron chi connectivity index (χ3n) is 10.6. The predicted octanol–water partition coefficient (Wildman–Crippen LogP) is 5.47. The Balaban J connectivity index is 0.915. The molecule has 2 amide bonds. The number of imidazole rings is 1. The molecule has 0 spiro atoms. The smallest absolute Gasteiger partial charge is 0.283 e. The number of nitrogens with one attached hydrogen (secondary N) is 1. The molecule has 8 rings (SSSR count). The summed E-state index contributed by atoms with van der Waals surface area (Å²) in [4.78, 5) is 46.3. The second-order valence-electron chi connectivity index (χ2n) is 13.1. The summed E-state index contributed by atoms with van der Waals surface area (Å²) in [6, 6.07) is 21.6. The van der Waals surface area contributed by atoms with Crippen molar-refractivity contribution in [2.75, 3.05) is 31.1 Å². The van der Waals surface area contributed by atoms with E-state index < -0.39 is 0 Å². The molecule has 5 heterocycles. The number of likely N-dealkylation sites (tertiary alicyclic amines) is 1. The van der Waals surface area contributed by atoms with E-state index in [9.17, 15) is 14.4 Å². The van der Waals surface area contributed by atoms with Gasteiger partial charge in [-0.3, -0.25) is 24.1 Å². The van der Waals surface area contributed by atoms with Crippen molar-refractivity contribution < 1.29 is 9.59 Å². The minimum absolute atomic E-state index is 0.169. The lowest BCUT2D eigenvalue weighted by molar-refractivity contribution is -0.134. The third-order valence-corrected chi connectivity index (χ3v) is 11.3. The monoisotopic (exact) mass is 680 g/mol. The molecule has 3 aliphatic heterocycles. The molecular weight excluding hydrogens is 644 g/mol. The number of aryl methyl sites for hydroxylation is 1. The lowest BCUT2D eigenvalue weighted by atomic mass is 9.85. The number of benzene rings is 3. The van der Waals surface area contributed by atoms with Crippen LogP contribution < -0.4 is 15.8 Å². The van der Waals surface area contributed by atoms with Crippen LogP contribution in [0.25, 0.3) is 27.7 Å². The third kappa shape index (κ3) is 5.02. The van der Waals surface area contributed by atoms with Crippen LogP contribution in [0.4, 0.5) is 5.69 Å². The molecule has 9 nitrogen and oxygen atoms in total. The number of hydrogen-bond donors (Lipinski definition) is 1. The SMILES string of the molecule is Cn1c2cc(N3CCC(N4CCC(c5ccc(C6CCC(=O)NC6=O)cc5)CC4)CC3)ccc2n2c3cccc(Br)c3c(=O)nc12. The predicted molar refractivity (Wildman–Crippen MR) is 183 cm³/mol. The molecule has 3 fully saturated rings. The van der Waals surface area contributed by atoms with Gasteiger partial charge in [0.15, 0.2) is 0 Å². The number of fused-ring (bicyclic) bond motifs is 5. The first-order valence-electron chi connectivity index (χ1n) is 16.4. The highest BCUT2D eigenvalue weighted by Gasteiger charge is 2.31. The van der Waals surface area contributed by atoms with Crippen molar-refractivity contribution in [1.29, 1.82) is 0 Å². The van der Waals surface area contributed by atoms with E-state index in [-0.39, 0.29) is 23.3 Å². The largest absolute Gasteiger partial charge is 0.371 e. The fraction of sp³-hybridized carbons (Fsp3) is 0.389. The molecule has 0 saturated carbocycles. The lowest BCUT2D eigenvalue weighted by Gasteiger charge is -2.42. The number of anilines is 1. The molecule has 1 unspecified atom stereocenters. The average molecular weight is 682 g/mol. The number of rotatable bonds is 4. The van der Waals surface area contributed by atoms with Gasteiger partial charge in [0, 0.05) is 42.8 Å². The summed E-state index contributed by atoms with van der Waals surface area (Å²) in [5.74, 6) is 0.630. The second-order valence-corrected chi connectivity index (χ2v) is 14.0. The Morgan fingerprint density at radius 1 is 0.804 bits per heavy atom. The number of aromatic nitrogens is 3. The minimum Gasteiger partial charge on any atom is -0.371 e. The Morgan fingerprint density at radius 3 is 2.28 bits per heavy atom. The van der Waals surface area contributed by atoms with Crippen LogP contribution in [0.5, 0.6) is 0 Å². The highest BCUT2D eigenvalue weighted by molar-refractivity contribution is 9.10. The van der Waals surface area contributed by atoms with Crippen LogP contribution >= 0.6 is 15.9 Å². The summed E-state index contributed by atoms with van der Waals surface area (Å²) in [7, 11) is 1.99. The van der Waals surface area contributed by atoms with Gasteiger partial charge in [0.25, 0.3) is 5.56 Å². The summed E-state index contributed by atoms with van der Waals surface area (Å²) < 4.78 is 4.88. The van der Waals surface area contributed by atoms with Gasteiger partial charge >= 0.3 is 0 Å². The Bertz CT molecular complexity index is 2050. The van der Waals surface area contributed by atoms with E-state index in [1.807, 2.05) is 29.8 Å². The molecule has 3 saturated heterocycles. The Hall–Kier alpha value is -4.02. The van der Waals surface area contributed by atoms with Crippen molar-refractivity contribution >= 4 is 61.1 Å². The second kappa shape index (κ2) is 11.7. The van der Waals surface area contributed by atoms with Crippen LogP contribution in [-0.4, -0.2) is 62.9 Å². The molecule has 46 heavy (non-hydrogen) atoms. The molecule has 0 radical (unpaired) electrons. The molecule has 2 aromatic heterocycles. The standard InChI is InChI=1S/C36H37BrN6O3/c1-40-31-21-26(9-11-29(31)43-30-4-2-3-28(37)33(30)35(46)39-36(40)43)42-19-15-25(16-20-42)41-17-13-23(14-18-41)22-5-7-24(8-6-22)27-10-12-32(44)38-34(27)45/h2-9,11,21,23,25,27H,10,12-20H2,1H3,(H,38,44,45). The minimum atomic E-state index is -0.223. The van der Waals surface area contributed by atoms with E-state index in [0.29, 0.717) is 36.0 Å². The molecule has 0 bridgehead atoms. The number of imide groups is 1. The van der Waals surface area contributed by atoms with Crippen LogP contribution in [0.1, 0.15) is 61.5 Å². The molecular formula is C36H37BrN6O3. The van der Waals surface area contributed by atoms with E-state index in [4.69, 9.17) is 0 Å². The first-order chi connectivity index (χ1) is 22.4. The maximum Gasteiger partial charge on any atom is 0.283 e. The number of carbonyl (C=O) groups is 2. The molecule has 0 aliphatic carbocycles. The number of hydrogen-bond acceptors (Lipinski definition) is 6. The van der Waals surface area contributed by atoms with Crippen molar-refractivity contribution in [2.24, 2.45) is 7.05 Å². The lowest BCUT2D eigenvalue weighted by Crippen LogP contribution is -2.47. The first-order valence-corrected chi connectivity index (χ1v) is 17.2. The zero-order valence-electron chi connectivity index (χ0n) is 25.9. The fourth-order valence-corrected chi connectivity index (χ4v) is 8.58. The molecule has 3 aromatic carbocycles.